The van der Waals surface area contributed by atoms with Crippen molar-refractivity contribution in [2.45, 2.75) is 52.2 Å². The van der Waals surface area contributed by atoms with Gasteiger partial charge in [0.15, 0.2) is 0 Å². The van der Waals surface area contributed by atoms with E-state index in [-0.39, 0.29) is 0 Å². The fourth-order valence-electron chi connectivity index (χ4n) is 3.79. The minimum Gasteiger partial charge on any atom is -0.303 e. The molecule has 1 unspecified atom stereocenters. The highest BCUT2D eigenvalue weighted by Crippen LogP contribution is 2.20. The van der Waals surface area contributed by atoms with Gasteiger partial charge >= 0.3 is 0 Å². The lowest BCUT2D eigenvalue weighted by molar-refractivity contribution is 0.211. The summed E-state index contributed by atoms with van der Waals surface area (Å²) in [5, 5.41) is 0. The second-order valence-corrected chi connectivity index (χ2v) is 7.75. The third kappa shape index (κ3) is 5.42. The summed E-state index contributed by atoms with van der Waals surface area (Å²) in [4.78, 5) is 5.15. The Morgan fingerprint density at radius 2 is 1.40 bits per heavy atom. The highest BCUT2D eigenvalue weighted by molar-refractivity contribution is 5.23. The molecule has 0 amide bonds. The van der Waals surface area contributed by atoms with E-state index in [0.717, 1.165) is 25.7 Å². The Hall–Kier alpha value is -1.64. The lowest BCUT2D eigenvalue weighted by Crippen LogP contribution is -2.31. The van der Waals surface area contributed by atoms with Crippen molar-refractivity contribution in [1.29, 1.82) is 0 Å². The summed E-state index contributed by atoms with van der Waals surface area (Å²) < 4.78 is 0. The first kappa shape index (κ1) is 18.2. The molecule has 134 valence electrons. The zero-order chi connectivity index (χ0) is 17.6. The lowest BCUT2D eigenvalue weighted by atomic mass is 10.1. The van der Waals surface area contributed by atoms with E-state index >= 15 is 0 Å². The van der Waals surface area contributed by atoms with Crippen molar-refractivity contribution in [2.75, 3.05) is 20.1 Å². The Morgan fingerprint density at radius 1 is 0.880 bits per heavy atom. The Kier molecular flexibility index (Phi) is 6.28. The van der Waals surface area contributed by atoms with Crippen molar-refractivity contribution in [2.24, 2.45) is 0 Å². The molecular weight excluding hydrogens is 304 g/mol. The second-order valence-electron chi connectivity index (χ2n) is 7.75. The number of nitrogens with zero attached hydrogens (tertiary/aromatic N) is 2. The number of aryl methyl sites for hydroxylation is 2. The van der Waals surface area contributed by atoms with E-state index in [1.54, 1.807) is 0 Å². The number of rotatable bonds is 7. The van der Waals surface area contributed by atoms with Crippen LogP contribution in [-0.4, -0.2) is 36.0 Å². The molecule has 2 aromatic carbocycles. The summed E-state index contributed by atoms with van der Waals surface area (Å²) in [5.74, 6) is 0. The zero-order valence-electron chi connectivity index (χ0n) is 16.0. The molecule has 0 aliphatic carbocycles. The molecule has 2 nitrogen and oxygen atoms in total. The Labute approximate surface area is 153 Å². The van der Waals surface area contributed by atoms with Crippen LogP contribution in [0, 0.1) is 13.8 Å². The van der Waals surface area contributed by atoms with E-state index in [9.17, 15) is 0 Å². The number of hydrogen-bond donors (Lipinski definition) is 0. The van der Waals surface area contributed by atoms with Crippen LogP contribution < -0.4 is 0 Å². The van der Waals surface area contributed by atoms with Gasteiger partial charge in [0.2, 0.25) is 0 Å². The molecule has 1 aliphatic rings. The van der Waals surface area contributed by atoms with Crippen LogP contribution >= 0.6 is 0 Å². The predicted octanol–water partition coefficient (Wildman–Crippen LogP) is 4.79. The first-order valence-electron chi connectivity index (χ1n) is 9.64. The highest BCUT2D eigenvalue weighted by atomic mass is 15.2. The smallest absolute Gasteiger partial charge is 0.0237 e. The monoisotopic (exact) mass is 336 g/mol. The van der Waals surface area contributed by atoms with Gasteiger partial charge in [-0.2, -0.15) is 0 Å². The maximum Gasteiger partial charge on any atom is 0.0237 e. The predicted molar refractivity (Wildman–Crippen MR) is 107 cm³/mol. The van der Waals surface area contributed by atoms with Crippen molar-refractivity contribution >= 4 is 0 Å². The summed E-state index contributed by atoms with van der Waals surface area (Å²) in [6, 6.07) is 18.8. The fraction of sp³-hybridized carbons (Fsp3) is 0.478. The third-order valence-corrected chi connectivity index (χ3v) is 5.50. The van der Waals surface area contributed by atoms with Crippen LogP contribution in [0.1, 0.15) is 41.5 Å². The molecule has 3 rings (SSSR count). The van der Waals surface area contributed by atoms with Gasteiger partial charge < -0.3 is 4.90 Å². The van der Waals surface area contributed by atoms with Gasteiger partial charge in [-0.25, -0.2) is 0 Å². The molecule has 1 atom stereocenters. The molecule has 0 radical (unpaired) electrons. The van der Waals surface area contributed by atoms with E-state index in [2.05, 4.69) is 79.2 Å². The molecule has 2 heteroatoms. The molecule has 1 heterocycles. The average molecular weight is 337 g/mol. The van der Waals surface area contributed by atoms with Crippen molar-refractivity contribution in [3.63, 3.8) is 0 Å². The molecule has 0 spiro atoms. The van der Waals surface area contributed by atoms with E-state index < -0.39 is 0 Å². The van der Waals surface area contributed by atoms with Crippen molar-refractivity contribution < 1.29 is 0 Å². The Bertz CT molecular complexity index is 597. The van der Waals surface area contributed by atoms with Gasteiger partial charge in [0.05, 0.1) is 0 Å². The third-order valence-electron chi connectivity index (χ3n) is 5.50. The van der Waals surface area contributed by atoms with Gasteiger partial charge in [-0.15, -0.1) is 0 Å². The quantitative estimate of drug-likeness (QED) is 0.717. The van der Waals surface area contributed by atoms with E-state index in [4.69, 9.17) is 0 Å². The first-order chi connectivity index (χ1) is 12.1. The normalized spacial score (nSPS) is 18.2. The fourth-order valence-corrected chi connectivity index (χ4v) is 3.79. The van der Waals surface area contributed by atoms with Gasteiger partial charge in [-0.05, 0) is 57.8 Å². The molecule has 0 aromatic heterocycles. The van der Waals surface area contributed by atoms with Crippen LogP contribution in [0.2, 0.25) is 0 Å². The largest absolute Gasteiger partial charge is 0.303 e. The Morgan fingerprint density at radius 3 is 1.84 bits per heavy atom. The number of likely N-dealkylation sites (tertiary alicyclic amines) is 1. The van der Waals surface area contributed by atoms with E-state index in [1.165, 1.54) is 48.1 Å². The molecular formula is C23H32N2. The number of hydrogen-bond acceptors (Lipinski definition) is 2. The minimum atomic E-state index is 0.763. The summed E-state index contributed by atoms with van der Waals surface area (Å²) in [6.07, 6.45) is 3.99. The van der Waals surface area contributed by atoms with E-state index in [1.807, 2.05) is 0 Å². The second kappa shape index (κ2) is 8.64. The van der Waals surface area contributed by atoms with Crippen molar-refractivity contribution in [1.82, 2.24) is 9.80 Å². The molecule has 1 saturated heterocycles. The van der Waals surface area contributed by atoms with Crippen LogP contribution in [-0.2, 0) is 13.1 Å². The average Bonchev–Trinajstić information content (AvgIpc) is 3.02. The molecule has 0 saturated carbocycles. The highest BCUT2D eigenvalue weighted by Gasteiger charge is 2.21. The van der Waals surface area contributed by atoms with Crippen LogP contribution in [0.15, 0.2) is 48.5 Å². The minimum absolute atomic E-state index is 0.763. The number of benzene rings is 2. The van der Waals surface area contributed by atoms with Gasteiger partial charge in [0.1, 0.15) is 0 Å². The van der Waals surface area contributed by atoms with Gasteiger partial charge in [-0.1, -0.05) is 59.7 Å². The maximum atomic E-state index is 2.61. The summed E-state index contributed by atoms with van der Waals surface area (Å²) in [7, 11) is 2.28. The summed E-state index contributed by atoms with van der Waals surface area (Å²) in [6.45, 7) is 8.81. The Balaban J connectivity index is 1.65. The van der Waals surface area contributed by atoms with Crippen LogP contribution in [0.3, 0.4) is 0 Å². The summed E-state index contributed by atoms with van der Waals surface area (Å²) >= 11 is 0. The standard InChI is InChI=1S/C23H32N2/c1-19-6-10-21(11-7-19)17-25(16-14-23-5-4-15-24(23)3)18-22-12-8-20(2)9-13-22/h6-13,23H,4-5,14-18H2,1-3H3. The van der Waals surface area contributed by atoms with Crippen LogP contribution in [0.5, 0.6) is 0 Å². The maximum absolute atomic E-state index is 2.61. The van der Waals surface area contributed by atoms with Crippen LogP contribution in [0.25, 0.3) is 0 Å². The van der Waals surface area contributed by atoms with E-state index in [0.29, 0.717) is 0 Å². The molecule has 0 N–H and O–H groups in total. The van der Waals surface area contributed by atoms with Crippen molar-refractivity contribution in [3.05, 3.63) is 70.8 Å². The van der Waals surface area contributed by atoms with Crippen LogP contribution in [0.4, 0.5) is 0 Å². The molecule has 1 fully saturated rings. The SMILES string of the molecule is Cc1ccc(CN(CCC2CCCN2C)Cc2ccc(C)cc2)cc1. The zero-order valence-corrected chi connectivity index (χ0v) is 16.0. The topological polar surface area (TPSA) is 6.48 Å². The summed E-state index contributed by atoms with van der Waals surface area (Å²) in [5.41, 5.74) is 5.50. The molecule has 25 heavy (non-hydrogen) atoms. The van der Waals surface area contributed by atoms with Gasteiger partial charge in [0, 0.05) is 25.7 Å². The lowest BCUT2D eigenvalue weighted by Gasteiger charge is -2.26. The first-order valence-corrected chi connectivity index (χ1v) is 9.64. The molecule has 1 aliphatic heterocycles. The van der Waals surface area contributed by atoms with Gasteiger partial charge in [-0.3, -0.25) is 4.90 Å². The molecule has 2 aromatic rings. The van der Waals surface area contributed by atoms with Crippen molar-refractivity contribution in [3.8, 4) is 0 Å². The van der Waals surface area contributed by atoms with Gasteiger partial charge in [0.25, 0.3) is 0 Å². The molecule has 0 bridgehead atoms.